The van der Waals surface area contributed by atoms with Crippen LogP contribution in [0.1, 0.15) is 27.7 Å². The maximum atomic E-state index is 10.5. The van der Waals surface area contributed by atoms with Crippen LogP contribution < -0.4 is 5.46 Å². The summed E-state index contributed by atoms with van der Waals surface area (Å²) >= 11 is 0. The van der Waals surface area contributed by atoms with Crippen LogP contribution in [0.15, 0.2) is 48.8 Å². The fraction of sp³-hybridized carbons (Fsp3) is 0.353. The van der Waals surface area contributed by atoms with Crippen LogP contribution in [0.3, 0.4) is 0 Å². The average molecular weight is 299 g/mol. The van der Waals surface area contributed by atoms with Crippen LogP contribution in [0.2, 0.25) is 0 Å². The molecule has 0 atom stereocenters. The van der Waals surface area contributed by atoms with Gasteiger partial charge in [-0.3, -0.25) is 4.98 Å². The molecule has 1 aromatic heterocycles. The number of aliphatic hydroxyl groups is 1. The second kappa shape index (κ2) is 6.20. The van der Waals surface area contributed by atoms with Crippen LogP contribution in [0.5, 0.6) is 0 Å². The molecule has 2 rings (SSSR count). The van der Waals surface area contributed by atoms with E-state index >= 15 is 0 Å². The van der Waals surface area contributed by atoms with Crippen molar-refractivity contribution >= 4 is 12.6 Å². The van der Waals surface area contributed by atoms with Crippen molar-refractivity contribution in [2.45, 2.75) is 38.9 Å². The summed E-state index contributed by atoms with van der Waals surface area (Å²) in [5, 5.41) is 20.7. The van der Waals surface area contributed by atoms with Gasteiger partial charge in [-0.2, -0.15) is 0 Å². The van der Waals surface area contributed by atoms with Gasteiger partial charge in [0.1, 0.15) is 0 Å². The first-order valence-electron chi connectivity index (χ1n) is 7.30. The molecule has 0 amide bonds. The van der Waals surface area contributed by atoms with Crippen molar-refractivity contribution in [1.29, 1.82) is 0 Å². The molecule has 2 N–H and O–H groups in total. The fourth-order valence-electron chi connectivity index (χ4n) is 1.98. The molecule has 0 bridgehead atoms. The Kier molecular flexibility index (Phi) is 4.70. The van der Waals surface area contributed by atoms with Crippen molar-refractivity contribution < 1.29 is 14.8 Å². The highest BCUT2D eigenvalue weighted by atomic mass is 16.5. The Balaban J connectivity index is 2.34. The molecular weight excluding hydrogens is 277 g/mol. The van der Waals surface area contributed by atoms with Crippen LogP contribution in [0.25, 0.3) is 11.1 Å². The van der Waals surface area contributed by atoms with Gasteiger partial charge in [0.15, 0.2) is 0 Å². The molecule has 0 unspecified atom stereocenters. The molecule has 0 spiro atoms. The van der Waals surface area contributed by atoms with Crippen molar-refractivity contribution in [3.63, 3.8) is 0 Å². The molecule has 0 fully saturated rings. The van der Waals surface area contributed by atoms with E-state index in [2.05, 4.69) is 4.98 Å². The number of pyridine rings is 1. The van der Waals surface area contributed by atoms with Crippen molar-refractivity contribution in [3.05, 3.63) is 48.8 Å². The summed E-state index contributed by atoms with van der Waals surface area (Å²) in [6.07, 6.45) is 3.45. The lowest BCUT2D eigenvalue weighted by atomic mass is 9.73. The summed E-state index contributed by atoms with van der Waals surface area (Å²) in [7, 11) is -1.14. The third kappa shape index (κ3) is 3.55. The minimum Gasteiger partial charge on any atom is -0.423 e. The van der Waals surface area contributed by atoms with Gasteiger partial charge in [-0.05, 0) is 50.4 Å². The molecule has 0 aliphatic carbocycles. The molecule has 5 heteroatoms. The standard InChI is InChI=1S/C17H22BNO3/c1-16(2,20)17(3,4)22-18(21)15-10-6-5-9-14(15)13-8-7-11-19-12-13/h5-12,20-21H,1-4H3. The zero-order valence-electron chi connectivity index (χ0n) is 13.4. The Labute approximate surface area is 131 Å². The van der Waals surface area contributed by atoms with Gasteiger partial charge in [0.25, 0.3) is 0 Å². The summed E-state index contributed by atoms with van der Waals surface area (Å²) in [5.41, 5.74) is 0.412. The van der Waals surface area contributed by atoms with E-state index in [9.17, 15) is 10.1 Å². The van der Waals surface area contributed by atoms with Crippen LogP contribution >= 0.6 is 0 Å². The number of benzene rings is 1. The van der Waals surface area contributed by atoms with Crippen LogP contribution in [0.4, 0.5) is 0 Å². The molecule has 22 heavy (non-hydrogen) atoms. The number of aromatic nitrogens is 1. The molecule has 4 nitrogen and oxygen atoms in total. The first kappa shape index (κ1) is 16.7. The normalized spacial score (nSPS) is 12.3. The van der Waals surface area contributed by atoms with E-state index in [4.69, 9.17) is 4.65 Å². The van der Waals surface area contributed by atoms with Gasteiger partial charge in [-0.1, -0.05) is 30.3 Å². The third-order valence-electron chi connectivity index (χ3n) is 4.08. The van der Waals surface area contributed by atoms with Crippen molar-refractivity contribution in [1.82, 2.24) is 4.98 Å². The van der Waals surface area contributed by atoms with E-state index < -0.39 is 18.3 Å². The Morgan fingerprint density at radius 2 is 1.73 bits per heavy atom. The summed E-state index contributed by atoms with van der Waals surface area (Å²) < 4.78 is 5.74. The molecule has 0 saturated heterocycles. The lowest BCUT2D eigenvalue weighted by Gasteiger charge is -2.38. The van der Waals surface area contributed by atoms with E-state index in [0.29, 0.717) is 5.46 Å². The number of rotatable bonds is 5. The van der Waals surface area contributed by atoms with E-state index in [-0.39, 0.29) is 0 Å². The van der Waals surface area contributed by atoms with Crippen LogP contribution in [-0.2, 0) is 4.65 Å². The van der Waals surface area contributed by atoms with E-state index in [0.717, 1.165) is 11.1 Å². The maximum Gasteiger partial charge on any atom is 0.492 e. The molecule has 1 heterocycles. The second-order valence-corrected chi connectivity index (χ2v) is 6.37. The topological polar surface area (TPSA) is 62.6 Å². The van der Waals surface area contributed by atoms with Crippen LogP contribution in [0, 0.1) is 0 Å². The van der Waals surface area contributed by atoms with Gasteiger partial charge < -0.3 is 14.8 Å². The highest BCUT2D eigenvalue weighted by molar-refractivity contribution is 6.62. The maximum absolute atomic E-state index is 10.5. The predicted molar refractivity (Wildman–Crippen MR) is 88.7 cm³/mol. The highest BCUT2D eigenvalue weighted by Crippen LogP contribution is 2.26. The second-order valence-electron chi connectivity index (χ2n) is 6.37. The first-order valence-corrected chi connectivity index (χ1v) is 7.30. The Bertz CT molecular complexity index is 623. The largest absolute Gasteiger partial charge is 0.492 e. The summed E-state index contributed by atoms with van der Waals surface area (Å²) in [4.78, 5) is 4.11. The SMILES string of the molecule is CC(C)(O)C(C)(C)OB(O)c1ccccc1-c1cccnc1. The quantitative estimate of drug-likeness (QED) is 0.829. The van der Waals surface area contributed by atoms with Crippen LogP contribution in [-0.4, -0.2) is 33.4 Å². The lowest BCUT2D eigenvalue weighted by Crippen LogP contribution is -2.53. The minimum absolute atomic E-state index is 0.646. The predicted octanol–water partition coefficient (Wildman–Crippen LogP) is 2.00. The van der Waals surface area contributed by atoms with Gasteiger partial charge in [0.2, 0.25) is 0 Å². The Morgan fingerprint density at radius 1 is 1.05 bits per heavy atom. The van der Waals surface area contributed by atoms with E-state index in [1.165, 1.54) is 0 Å². The van der Waals surface area contributed by atoms with Gasteiger partial charge in [-0.25, -0.2) is 0 Å². The van der Waals surface area contributed by atoms with Crippen molar-refractivity contribution in [2.24, 2.45) is 0 Å². The molecular formula is C17H22BNO3. The summed E-state index contributed by atoms with van der Waals surface area (Å²) in [6, 6.07) is 11.3. The molecule has 116 valence electrons. The number of hydrogen-bond donors (Lipinski definition) is 2. The average Bonchev–Trinajstić information content (AvgIpc) is 2.46. The first-order chi connectivity index (χ1) is 10.2. The Morgan fingerprint density at radius 3 is 2.32 bits per heavy atom. The van der Waals surface area contributed by atoms with Gasteiger partial charge in [0.05, 0.1) is 11.2 Å². The zero-order valence-corrected chi connectivity index (χ0v) is 13.4. The minimum atomic E-state index is -1.14. The summed E-state index contributed by atoms with van der Waals surface area (Å²) in [6.45, 7) is 6.82. The van der Waals surface area contributed by atoms with E-state index in [1.807, 2.05) is 36.4 Å². The van der Waals surface area contributed by atoms with Crippen molar-refractivity contribution in [2.75, 3.05) is 0 Å². The van der Waals surface area contributed by atoms with Crippen molar-refractivity contribution in [3.8, 4) is 11.1 Å². The molecule has 2 aromatic rings. The van der Waals surface area contributed by atoms with E-state index in [1.54, 1.807) is 40.1 Å². The summed E-state index contributed by atoms with van der Waals surface area (Å²) in [5.74, 6) is 0. The van der Waals surface area contributed by atoms with Gasteiger partial charge >= 0.3 is 7.12 Å². The lowest BCUT2D eigenvalue weighted by molar-refractivity contribution is -0.0982. The molecule has 0 aliphatic rings. The van der Waals surface area contributed by atoms with Gasteiger partial charge in [0, 0.05) is 12.4 Å². The number of hydrogen-bond acceptors (Lipinski definition) is 4. The zero-order chi connectivity index (χ0) is 16.4. The molecule has 0 radical (unpaired) electrons. The third-order valence-corrected chi connectivity index (χ3v) is 4.08. The Hall–Kier alpha value is -1.69. The molecule has 1 aromatic carbocycles. The van der Waals surface area contributed by atoms with Gasteiger partial charge in [-0.15, -0.1) is 0 Å². The monoisotopic (exact) mass is 299 g/mol. The number of nitrogens with zero attached hydrogens (tertiary/aromatic N) is 1. The highest BCUT2D eigenvalue weighted by Gasteiger charge is 2.40. The molecule has 0 saturated carbocycles. The molecule has 0 aliphatic heterocycles. The fourth-order valence-corrected chi connectivity index (χ4v) is 1.98. The smallest absolute Gasteiger partial charge is 0.423 e.